The van der Waals surface area contributed by atoms with Crippen molar-refractivity contribution in [3.8, 4) is 5.69 Å². The maximum atomic E-state index is 13.8. The Morgan fingerprint density at radius 1 is 1.00 bits per heavy atom. The molecular weight excluding hydrogens is 352 g/mol. The number of aliphatic hydroxyl groups is 1. The number of benzene rings is 2. The van der Waals surface area contributed by atoms with Crippen molar-refractivity contribution in [1.82, 2.24) is 19.7 Å². The van der Waals surface area contributed by atoms with Gasteiger partial charge < -0.3 is 10.4 Å². The second-order valence-corrected chi connectivity index (χ2v) is 5.88. The van der Waals surface area contributed by atoms with E-state index in [0.717, 1.165) is 17.8 Å². The molecule has 0 saturated heterocycles. The number of hydrogen-bond donors (Lipinski definition) is 2. The first kappa shape index (κ1) is 17.0. The Balaban J connectivity index is 1.61. The second kappa shape index (κ2) is 7.08. The molecule has 2 aromatic carbocycles. The van der Waals surface area contributed by atoms with E-state index in [1.54, 1.807) is 10.9 Å². The molecule has 6 nitrogen and oxygen atoms in total. The molecule has 1 atom stereocenters. The summed E-state index contributed by atoms with van der Waals surface area (Å²) in [6, 6.07) is 12.9. The summed E-state index contributed by atoms with van der Waals surface area (Å²) in [7, 11) is 0. The van der Waals surface area contributed by atoms with Gasteiger partial charge in [0.25, 0.3) is 0 Å². The number of halogens is 2. The van der Waals surface area contributed by atoms with Gasteiger partial charge in [-0.05, 0) is 24.3 Å². The standard InChI is InChI=1S/C19H15F2N5O/c20-14-7-4-8-15(21)17(14)16(27)10-22-18-13-9-25-26(19(13)24-11-23-18)12-5-2-1-3-6-12/h1-9,11,16,27H,10H2,(H,22,23,24). The fourth-order valence-corrected chi connectivity index (χ4v) is 2.87. The highest BCUT2D eigenvalue weighted by atomic mass is 19.1. The smallest absolute Gasteiger partial charge is 0.168 e. The van der Waals surface area contributed by atoms with Gasteiger partial charge in [0, 0.05) is 6.54 Å². The van der Waals surface area contributed by atoms with Crippen molar-refractivity contribution >= 4 is 16.9 Å². The molecule has 0 aliphatic heterocycles. The minimum atomic E-state index is -1.37. The van der Waals surface area contributed by atoms with Crippen molar-refractivity contribution < 1.29 is 13.9 Å². The van der Waals surface area contributed by atoms with Gasteiger partial charge in [-0.3, -0.25) is 0 Å². The first-order valence-electron chi connectivity index (χ1n) is 8.25. The number of aliphatic hydroxyl groups excluding tert-OH is 1. The fourth-order valence-electron chi connectivity index (χ4n) is 2.87. The third-order valence-corrected chi connectivity index (χ3v) is 4.16. The van der Waals surface area contributed by atoms with E-state index in [9.17, 15) is 13.9 Å². The molecule has 0 spiro atoms. The van der Waals surface area contributed by atoms with E-state index in [0.29, 0.717) is 16.9 Å². The topological polar surface area (TPSA) is 75.9 Å². The summed E-state index contributed by atoms with van der Waals surface area (Å²) in [5.41, 5.74) is 1.03. The van der Waals surface area contributed by atoms with Crippen LogP contribution in [-0.4, -0.2) is 31.4 Å². The van der Waals surface area contributed by atoms with Crippen LogP contribution < -0.4 is 5.32 Å². The number of nitrogens with one attached hydrogen (secondary N) is 1. The van der Waals surface area contributed by atoms with Crippen LogP contribution in [0.15, 0.2) is 61.1 Å². The molecule has 0 amide bonds. The van der Waals surface area contributed by atoms with Crippen LogP contribution >= 0.6 is 0 Å². The van der Waals surface area contributed by atoms with Gasteiger partial charge in [0.15, 0.2) is 5.65 Å². The van der Waals surface area contributed by atoms with E-state index in [1.165, 1.54) is 12.4 Å². The van der Waals surface area contributed by atoms with E-state index in [4.69, 9.17) is 0 Å². The third-order valence-electron chi connectivity index (χ3n) is 4.16. The first-order chi connectivity index (χ1) is 13.1. The lowest BCUT2D eigenvalue weighted by Gasteiger charge is -2.14. The molecule has 2 N–H and O–H groups in total. The molecule has 0 bridgehead atoms. The lowest BCUT2D eigenvalue weighted by atomic mass is 10.1. The lowest BCUT2D eigenvalue weighted by Crippen LogP contribution is -2.16. The lowest BCUT2D eigenvalue weighted by molar-refractivity contribution is 0.181. The minimum absolute atomic E-state index is 0.125. The predicted octanol–water partition coefficient (Wildman–Crippen LogP) is 3.24. The Hall–Kier alpha value is -3.39. The van der Waals surface area contributed by atoms with Gasteiger partial charge in [0.05, 0.1) is 22.8 Å². The van der Waals surface area contributed by atoms with Crippen molar-refractivity contribution in [1.29, 1.82) is 0 Å². The molecule has 4 rings (SSSR count). The Morgan fingerprint density at radius 2 is 1.74 bits per heavy atom. The van der Waals surface area contributed by atoms with Crippen molar-refractivity contribution in [2.45, 2.75) is 6.10 Å². The Kier molecular flexibility index (Phi) is 4.47. The van der Waals surface area contributed by atoms with Crippen molar-refractivity contribution in [3.63, 3.8) is 0 Å². The maximum Gasteiger partial charge on any atom is 0.168 e. The monoisotopic (exact) mass is 367 g/mol. The zero-order valence-electron chi connectivity index (χ0n) is 14.0. The third kappa shape index (κ3) is 3.22. The zero-order chi connectivity index (χ0) is 18.8. The van der Waals surface area contributed by atoms with Crippen LogP contribution in [0.25, 0.3) is 16.7 Å². The van der Waals surface area contributed by atoms with Crippen LogP contribution in [0.4, 0.5) is 14.6 Å². The predicted molar refractivity (Wildman–Crippen MR) is 96.5 cm³/mol. The molecule has 4 aromatic rings. The molecule has 0 aliphatic rings. The molecule has 2 heterocycles. The zero-order valence-corrected chi connectivity index (χ0v) is 14.0. The molecule has 0 radical (unpaired) electrons. The Morgan fingerprint density at radius 3 is 2.48 bits per heavy atom. The Bertz CT molecular complexity index is 1060. The molecule has 0 fully saturated rings. The number of fused-ring (bicyclic) bond motifs is 1. The van der Waals surface area contributed by atoms with Gasteiger partial charge in [-0.1, -0.05) is 24.3 Å². The van der Waals surface area contributed by atoms with Crippen LogP contribution in [-0.2, 0) is 0 Å². The van der Waals surface area contributed by atoms with E-state index in [2.05, 4.69) is 20.4 Å². The SMILES string of the molecule is OC(CNc1ncnc2c1cnn2-c1ccccc1)c1c(F)cccc1F. The van der Waals surface area contributed by atoms with Crippen molar-refractivity contribution in [3.05, 3.63) is 78.3 Å². The number of hydrogen-bond acceptors (Lipinski definition) is 5. The molecule has 8 heteroatoms. The molecular formula is C19H15F2N5O. The number of aromatic nitrogens is 4. The van der Waals surface area contributed by atoms with Crippen LogP contribution in [0.2, 0.25) is 0 Å². The van der Waals surface area contributed by atoms with Gasteiger partial charge in [-0.2, -0.15) is 5.10 Å². The minimum Gasteiger partial charge on any atom is -0.386 e. The average Bonchev–Trinajstić information content (AvgIpc) is 3.11. The van der Waals surface area contributed by atoms with Gasteiger partial charge in [-0.15, -0.1) is 0 Å². The summed E-state index contributed by atoms with van der Waals surface area (Å²) < 4.78 is 29.3. The normalized spacial score (nSPS) is 12.3. The van der Waals surface area contributed by atoms with E-state index < -0.39 is 17.7 Å². The molecule has 1 unspecified atom stereocenters. The van der Waals surface area contributed by atoms with Gasteiger partial charge in [0.1, 0.15) is 29.9 Å². The first-order valence-corrected chi connectivity index (χ1v) is 8.25. The molecule has 2 aromatic heterocycles. The molecule has 0 aliphatic carbocycles. The summed E-state index contributed by atoms with van der Waals surface area (Å²) in [6.45, 7) is -0.125. The van der Waals surface area contributed by atoms with Gasteiger partial charge in [-0.25, -0.2) is 23.4 Å². The maximum absolute atomic E-state index is 13.8. The molecule has 27 heavy (non-hydrogen) atoms. The van der Waals surface area contributed by atoms with Gasteiger partial charge >= 0.3 is 0 Å². The van der Waals surface area contributed by atoms with Crippen molar-refractivity contribution in [2.24, 2.45) is 0 Å². The molecule has 136 valence electrons. The largest absolute Gasteiger partial charge is 0.386 e. The number of rotatable bonds is 5. The highest BCUT2D eigenvalue weighted by Crippen LogP contribution is 2.24. The number of anilines is 1. The molecule has 0 saturated carbocycles. The van der Waals surface area contributed by atoms with Crippen LogP contribution in [0, 0.1) is 11.6 Å². The fraction of sp³-hybridized carbons (Fsp3) is 0.105. The second-order valence-electron chi connectivity index (χ2n) is 5.88. The summed E-state index contributed by atoms with van der Waals surface area (Å²) in [4.78, 5) is 8.41. The van der Waals surface area contributed by atoms with E-state index in [1.807, 2.05) is 30.3 Å². The summed E-state index contributed by atoms with van der Waals surface area (Å²) in [5, 5.41) is 18.1. The van der Waals surface area contributed by atoms with Gasteiger partial charge in [0.2, 0.25) is 0 Å². The summed E-state index contributed by atoms with van der Waals surface area (Å²) >= 11 is 0. The Labute approximate surface area is 153 Å². The van der Waals surface area contributed by atoms with E-state index >= 15 is 0 Å². The number of nitrogens with zero attached hydrogens (tertiary/aromatic N) is 4. The summed E-state index contributed by atoms with van der Waals surface area (Å²) in [6.07, 6.45) is 1.59. The van der Waals surface area contributed by atoms with E-state index in [-0.39, 0.29) is 12.1 Å². The van der Waals surface area contributed by atoms with Crippen LogP contribution in [0.5, 0.6) is 0 Å². The average molecular weight is 367 g/mol. The van der Waals surface area contributed by atoms with Crippen LogP contribution in [0.3, 0.4) is 0 Å². The van der Waals surface area contributed by atoms with Crippen molar-refractivity contribution in [2.75, 3.05) is 11.9 Å². The highest BCUT2D eigenvalue weighted by Gasteiger charge is 2.18. The van der Waals surface area contributed by atoms with Crippen LogP contribution in [0.1, 0.15) is 11.7 Å². The quantitative estimate of drug-likeness (QED) is 0.566. The number of para-hydroxylation sites is 1. The summed E-state index contributed by atoms with van der Waals surface area (Å²) in [5.74, 6) is -1.18. The highest BCUT2D eigenvalue weighted by molar-refractivity contribution is 5.87.